The second kappa shape index (κ2) is 9.80. The molecule has 31 heavy (non-hydrogen) atoms. The Morgan fingerprint density at radius 2 is 1.81 bits per heavy atom. The number of rotatable bonds is 10. The van der Waals surface area contributed by atoms with Crippen LogP contribution in [-0.4, -0.2) is 46.5 Å². The monoisotopic (exact) mass is 447 g/mol. The Labute approximate surface area is 181 Å². The van der Waals surface area contributed by atoms with Gasteiger partial charge in [-0.05, 0) is 62.2 Å². The predicted molar refractivity (Wildman–Crippen MR) is 115 cm³/mol. The van der Waals surface area contributed by atoms with Gasteiger partial charge in [0.1, 0.15) is 16.4 Å². The topological polar surface area (TPSA) is 123 Å². The minimum Gasteiger partial charge on any atom is -0.495 e. The van der Waals surface area contributed by atoms with Crippen molar-refractivity contribution in [2.24, 2.45) is 0 Å². The molecule has 1 saturated carbocycles. The molecule has 3 rings (SSSR count). The summed E-state index contributed by atoms with van der Waals surface area (Å²) in [6, 6.07) is 10.8. The maximum Gasteiger partial charge on any atom is 0.251 e. The molecule has 9 nitrogen and oxygen atoms in total. The van der Waals surface area contributed by atoms with Crippen molar-refractivity contribution in [2.75, 3.05) is 25.6 Å². The van der Waals surface area contributed by atoms with Crippen molar-refractivity contribution in [3.63, 3.8) is 0 Å². The summed E-state index contributed by atoms with van der Waals surface area (Å²) in [5.74, 6) is -0.171. The van der Waals surface area contributed by atoms with Crippen LogP contribution >= 0.6 is 0 Å². The average Bonchev–Trinajstić information content (AvgIpc) is 3.56. The van der Waals surface area contributed by atoms with Gasteiger partial charge in [0.05, 0.1) is 20.3 Å². The third-order valence-electron chi connectivity index (χ3n) is 4.47. The molecule has 1 aliphatic rings. The second-order valence-corrected chi connectivity index (χ2v) is 8.63. The van der Waals surface area contributed by atoms with Crippen LogP contribution in [0.4, 0.5) is 5.69 Å². The number of hydrogen-bond donors (Lipinski definition) is 3. The fraction of sp³-hybridized carbons (Fsp3) is 0.333. The highest BCUT2D eigenvalue weighted by Crippen LogP contribution is 2.28. The van der Waals surface area contributed by atoms with Crippen LogP contribution in [0.5, 0.6) is 11.5 Å². The van der Waals surface area contributed by atoms with Gasteiger partial charge in [-0.15, -0.1) is 0 Å². The average molecular weight is 448 g/mol. The molecular formula is C21H25N3O6S. The highest BCUT2D eigenvalue weighted by molar-refractivity contribution is 7.89. The van der Waals surface area contributed by atoms with Crippen molar-refractivity contribution >= 4 is 27.5 Å². The van der Waals surface area contributed by atoms with Crippen molar-refractivity contribution in [3.05, 3.63) is 48.0 Å². The van der Waals surface area contributed by atoms with Gasteiger partial charge in [0.15, 0.2) is 0 Å². The van der Waals surface area contributed by atoms with E-state index in [4.69, 9.17) is 9.47 Å². The molecule has 2 aromatic carbocycles. The molecule has 0 spiro atoms. The minimum atomic E-state index is -3.82. The lowest BCUT2D eigenvalue weighted by Gasteiger charge is -2.12. The smallest absolute Gasteiger partial charge is 0.251 e. The molecule has 0 atom stereocenters. The first kappa shape index (κ1) is 22.6. The Kier molecular flexibility index (Phi) is 7.13. The molecule has 3 N–H and O–H groups in total. The summed E-state index contributed by atoms with van der Waals surface area (Å²) in [5, 5.41) is 5.15. The van der Waals surface area contributed by atoms with E-state index in [9.17, 15) is 18.0 Å². The van der Waals surface area contributed by atoms with Crippen LogP contribution < -0.4 is 24.8 Å². The number of carbonyl (C=O) groups is 2. The maximum absolute atomic E-state index is 12.6. The molecule has 0 saturated heterocycles. The van der Waals surface area contributed by atoms with Gasteiger partial charge >= 0.3 is 0 Å². The minimum absolute atomic E-state index is 0.0847. The first-order valence-electron chi connectivity index (χ1n) is 9.83. The highest BCUT2D eigenvalue weighted by atomic mass is 32.2. The lowest BCUT2D eigenvalue weighted by Crippen LogP contribution is -2.33. The van der Waals surface area contributed by atoms with Crippen molar-refractivity contribution in [3.8, 4) is 11.5 Å². The van der Waals surface area contributed by atoms with Gasteiger partial charge in [0.25, 0.3) is 5.91 Å². The Morgan fingerprint density at radius 1 is 1.10 bits per heavy atom. The van der Waals surface area contributed by atoms with Gasteiger partial charge in [-0.1, -0.05) is 0 Å². The number of amides is 2. The maximum atomic E-state index is 12.6. The zero-order valence-electron chi connectivity index (χ0n) is 17.3. The van der Waals surface area contributed by atoms with Crippen LogP contribution in [-0.2, 0) is 14.8 Å². The molecule has 0 aromatic heterocycles. The highest BCUT2D eigenvalue weighted by Gasteiger charge is 2.30. The fourth-order valence-electron chi connectivity index (χ4n) is 2.78. The predicted octanol–water partition coefficient (Wildman–Crippen LogP) is 1.90. The summed E-state index contributed by atoms with van der Waals surface area (Å²) in [7, 11) is -2.46. The third kappa shape index (κ3) is 6.19. The third-order valence-corrected chi connectivity index (χ3v) is 6.01. The normalized spacial score (nSPS) is 13.4. The molecule has 10 heteroatoms. The number of carbonyl (C=O) groups excluding carboxylic acids is 2. The molecule has 166 valence electrons. The van der Waals surface area contributed by atoms with Crippen LogP contribution in [0.15, 0.2) is 47.4 Å². The summed E-state index contributed by atoms with van der Waals surface area (Å²) >= 11 is 0. The zero-order valence-corrected chi connectivity index (χ0v) is 18.1. The van der Waals surface area contributed by atoms with Gasteiger partial charge in [0, 0.05) is 17.3 Å². The van der Waals surface area contributed by atoms with Crippen LogP contribution in [0, 0.1) is 0 Å². The van der Waals surface area contributed by atoms with E-state index in [2.05, 4.69) is 15.4 Å². The Balaban J connectivity index is 1.62. The Morgan fingerprint density at radius 3 is 2.42 bits per heavy atom. The van der Waals surface area contributed by atoms with E-state index in [-0.39, 0.29) is 28.8 Å². The van der Waals surface area contributed by atoms with Crippen molar-refractivity contribution in [1.29, 1.82) is 0 Å². The van der Waals surface area contributed by atoms with Gasteiger partial charge in [-0.3, -0.25) is 9.59 Å². The van der Waals surface area contributed by atoms with Crippen molar-refractivity contribution < 1.29 is 27.5 Å². The number of nitrogens with one attached hydrogen (secondary N) is 3. The van der Waals surface area contributed by atoms with Gasteiger partial charge in [-0.25, -0.2) is 13.1 Å². The molecule has 0 radical (unpaired) electrons. The van der Waals surface area contributed by atoms with E-state index < -0.39 is 21.8 Å². The van der Waals surface area contributed by atoms with Crippen LogP contribution in [0.25, 0.3) is 0 Å². The molecule has 2 amide bonds. The summed E-state index contributed by atoms with van der Waals surface area (Å²) in [5.41, 5.74) is 0.664. The first-order valence-corrected chi connectivity index (χ1v) is 11.3. The zero-order chi connectivity index (χ0) is 22.4. The van der Waals surface area contributed by atoms with E-state index in [0.29, 0.717) is 18.0 Å². The van der Waals surface area contributed by atoms with Gasteiger partial charge in [0.2, 0.25) is 15.9 Å². The van der Waals surface area contributed by atoms with Crippen molar-refractivity contribution in [1.82, 2.24) is 10.0 Å². The number of benzene rings is 2. The summed E-state index contributed by atoms with van der Waals surface area (Å²) in [6.07, 6.45) is 1.57. The van der Waals surface area contributed by atoms with E-state index >= 15 is 0 Å². The molecule has 1 aliphatic carbocycles. The quantitative estimate of drug-likeness (QED) is 0.511. The molecule has 1 fully saturated rings. The van der Waals surface area contributed by atoms with Gasteiger partial charge < -0.3 is 20.1 Å². The Hall–Kier alpha value is -3.11. The standard InChI is InChI=1S/C21H25N3O6S/c1-3-30-17-9-7-15(8-10-17)23-20(25)13-22-21(26)14-4-11-18(29-2)19(12-14)31(27,28)24-16-5-6-16/h4,7-12,16,24H,3,5-6,13H2,1-2H3,(H,22,26)(H,23,25). The SMILES string of the molecule is CCOc1ccc(NC(=O)CNC(=O)c2ccc(OC)c(S(=O)(=O)NC3CC3)c2)cc1. The Bertz CT molecular complexity index is 1050. The van der Waals surface area contributed by atoms with Crippen LogP contribution in [0.2, 0.25) is 0 Å². The first-order chi connectivity index (χ1) is 14.8. The van der Waals surface area contributed by atoms with E-state index in [1.807, 2.05) is 6.92 Å². The molecule has 0 bridgehead atoms. The lowest BCUT2D eigenvalue weighted by atomic mass is 10.2. The molecule has 0 heterocycles. The largest absolute Gasteiger partial charge is 0.495 e. The van der Waals surface area contributed by atoms with Gasteiger partial charge in [-0.2, -0.15) is 0 Å². The number of methoxy groups -OCH3 is 1. The van der Waals surface area contributed by atoms with Crippen LogP contribution in [0.3, 0.4) is 0 Å². The lowest BCUT2D eigenvalue weighted by molar-refractivity contribution is -0.115. The molecular weight excluding hydrogens is 422 g/mol. The number of anilines is 1. The van der Waals surface area contributed by atoms with Crippen molar-refractivity contribution in [2.45, 2.75) is 30.7 Å². The fourth-order valence-corrected chi connectivity index (χ4v) is 4.28. The number of hydrogen-bond acceptors (Lipinski definition) is 6. The molecule has 2 aromatic rings. The number of sulfonamides is 1. The summed E-state index contributed by atoms with van der Waals surface area (Å²) in [4.78, 5) is 24.5. The number of ether oxygens (including phenoxy) is 2. The van der Waals surface area contributed by atoms with E-state index in [0.717, 1.165) is 12.8 Å². The summed E-state index contributed by atoms with van der Waals surface area (Å²) < 4.78 is 38.2. The van der Waals surface area contributed by atoms with E-state index in [1.165, 1.54) is 25.3 Å². The summed E-state index contributed by atoms with van der Waals surface area (Å²) in [6.45, 7) is 2.15. The molecule has 0 aliphatic heterocycles. The molecule has 0 unspecified atom stereocenters. The van der Waals surface area contributed by atoms with Crippen LogP contribution in [0.1, 0.15) is 30.1 Å². The second-order valence-electron chi connectivity index (χ2n) is 6.95. The van der Waals surface area contributed by atoms with E-state index in [1.54, 1.807) is 24.3 Å².